The molecule has 0 radical (unpaired) electrons. The summed E-state index contributed by atoms with van der Waals surface area (Å²) in [5, 5.41) is 10.7. The highest BCUT2D eigenvalue weighted by atomic mass is 16.6. The first-order valence-electron chi connectivity index (χ1n) is 10.1. The van der Waals surface area contributed by atoms with E-state index in [1.54, 1.807) is 0 Å². The Morgan fingerprint density at radius 2 is 1.89 bits per heavy atom. The normalized spacial score (nSPS) is 39.8. The van der Waals surface area contributed by atoms with Gasteiger partial charge in [0.05, 0.1) is 24.7 Å². The van der Waals surface area contributed by atoms with Gasteiger partial charge in [-0.2, -0.15) is 0 Å². The summed E-state index contributed by atoms with van der Waals surface area (Å²) >= 11 is 0. The maximum absolute atomic E-state index is 13.7. The lowest BCUT2D eigenvalue weighted by Crippen LogP contribution is -2.49. The number of benzene rings is 2. The van der Waals surface area contributed by atoms with Gasteiger partial charge in [0.25, 0.3) is 0 Å². The zero-order valence-electron chi connectivity index (χ0n) is 15.7. The van der Waals surface area contributed by atoms with Crippen LogP contribution in [0.3, 0.4) is 0 Å². The van der Waals surface area contributed by atoms with Crippen LogP contribution in [0, 0.1) is 23.7 Å². The highest BCUT2D eigenvalue weighted by Gasteiger charge is 2.79. The first-order chi connectivity index (χ1) is 13.7. The maximum Gasteiger partial charge on any atom is 0.233 e. The summed E-state index contributed by atoms with van der Waals surface area (Å²) in [6.45, 7) is 2.56. The molecule has 1 N–H and O–H groups in total. The standard InChI is InChI=1S/C23H23NO4/c1-2-27-15-10-8-14(9-11-15)24-22(26)18-16-12-17-19(18)23(24,28-21(17)20(16)25)13-6-4-3-5-7-13/h3-11,16-21,25H,2,12H2,1H3. The van der Waals surface area contributed by atoms with E-state index in [-0.39, 0.29) is 35.7 Å². The SMILES string of the molecule is CCOc1ccc(N2C(=O)C3C4CC5C(OC2(c2ccccc2)C53)C4O)cc1. The quantitative estimate of drug-likeness (QED) is 0.890. The summed E-state index contributed by atoms with van der Waals surface area (Å²) in [5.74, 6) is 1.02. The van der Waals surface area contributed by atoms with E-state index in [4.69, 9.17) is 9.47 Å². The number of carbonyl (C=O) groups is 1. The smallest absolute Gasteiger partial charge is 0.233 e. The van der Waals surface area contributed by atoms with Crippen molar-refractivity contribution in [3.8, 4) is 5.75 Å². The van der Waals surface area contributed by atoms with Gasteiger partial charge < -0.3 is 14.6 Å². The van der Waals surface area contributed by atoms with E-state index in [1.165, 1.54) is 0 Å². The van der Waals surface area contributed by atoms with Crippen molar-refractivity contribution < 1.29 is 19.4 Å². The van der Waals surface area contributed by atoms with E-state index in [9.17, 15) is 9.90 Å². The molecule has 0 aromatic heterocycles. The van der Waals surface area contributed by atoms with Gasteiger partial charge in [-0.1, -0.05) is 30.3 Å². The van der Waals surface area contributed by atoms with Crippen molar-refractivity contribution >= 4 is 11.6 Å². The van der Waals surface area contributed by atoms with Crippen LogP contribution in [-0.2, 0) is 15.3 Å². The van der Waals surface area contributed by atoms with Gasteiger partial charge in [-0.05, 0) is 49.4 Å². The molecular formula is C23H23NO4. The largest absolute Gasteiger partial charge is 0.494 e. The maximum atomic E-state index is 13.7. The first-order valence-corrected chi connectivity index (χ1v) is 10.1. The zero-order valence-corrected chi connectivity index (χ0v) is 15.7. The molecule has 6 rings (SSSR count). The van der Waals surface area contributed by atoms with E-state index in [0.29, 0.717) is 6.61 Å². The third-order valence-corrected chi connectivity index (χ3v) is 7.25. The number of hydrogen-bond donors (Lipinski definition) is 1. The van der Waals surface area contributed by atoms with Crippen molar-refractivity contribution in [1.29, 1.82) is 0 Å². The van der Waals surface area contributed by atoms with Crippen molar-refractivity contribution in [3.63, 3.8) is 0 Å². The van der Waals surface area contributed by atoms with Crippen LogP contribution in [0.5, 0.6) is 5.75 Å². The number of aliphatic hydroxyl groups is 1. The Kier molecular flexibility index (Phi) is 3.30. The topological polar surface area (TPSA) is 59.0 Å². The Bertz CT molecular complexity index is 929. The second-order valence-corrected chi connectivity index (χ2v) is 8.35. The molecule has 2 bridgehead atoms. The molecule has 7 unspecified atom stereocenters. The van der Waals surface area contributed by atoms with Gasteiger partial charge in [0.15, 0.2) is 5.72 Å². The molecule has 5 heteroatoms. The van der Waals surface area contributed by atoms with Crippen molar-refractivity contribution in [2.75, 3.05) is 11.5 Å². The number of anilines is 1. The summed E-state index contributed by atoms with van der Waals surface area (Å²) in [6, 6.07) is 17.7. The Morgan fingerprint density at radius 1 is 1.14 bits per heavy atom. The van der Waals surface area contributed by atoms with Crippen LogP contribution < -0.4 is 9.64 Å². The number of nitrogens with zero attached hydrogens (tertiary/aromatic N) is 1. The monoisotopic (exact) mass is 377 g/mol. The van der Waals surface area contributed by atoms with Gasteiger partial charge in [-0.3, -0.25) is 9.69 Å². The number of rotatable bonds is 4. The second-order valence-electron chi connectivity index (χ2n) is 8.35. The molecule has 0 spiro atoms. The molecule has 4 aliphatic rings. The van der Waals surface area contributed by atoms with Crippen LogP contribution in [0.25, 0.3) is 0 Å². The highest BCUT2D eigenvalue weighted by molar-refractivity contribution is 6.00. The summed E-state index contributed by atoms with van der Waals surface area (Å²) in [4.78, 5) is 15.5. The number of aliphatic hydroxyl groups excluding tert-OH is 1. The zero-order chi connectivity index (χ0) is 19.0. The van der Waals surface area contributed by atoms with Gasteiger partial charge in [-0.15, -0.1) is 0 Å². The predicted octanol–water partition coefficient (Wildman–Crippen LogP) is 2.93. The van der Waals surface area contributed by atoms with Crippen LogP contribution in [0.4, 0.5) is 5.69 Å². The molecule has 2 aliphatic carbocycles. The summed E-state index contributed by atoms with van der Waals surface area (Å²) in [6.07, 6.45) is 0.159. The molecule has 5 nitrogen and oxygen atoms in total. The van der Waals surface area contributed by atoms with Gasteiger partial charge in [-0.25, -0.2) is 0 Å². The molecule has 2 heterocycles. The van der Waals surface area contributed by atoms with Gasteiger partial charge >= 0.3 is 0 Å². The van der Waals surface area contributed by atoms with Gasteiger partial charge in [0, 0.05) is 17.2 Å². The third kappa shape index (κ3) is 1.82. The second kappa shape index (κ2) is 5.58. The van der Waals surface area contributed by atoms with Crippen molar-refractivity contribution in [3.05, 3.63) is 60.2 Å². The molecule has 7 atom stereocenters. The van der Waals surface area contributed by atoms with Crippen molar-refractivity contribution in [2.24, 2.45) is 23.7 Å². The molecule has 2 saturated carbocycles. The number of fused-ring (bicyclic) bond motifs is 2. The van der Waals surface area contributed by atoms with Crippen LogP contribution in [-0.4, -0.2) is 29.8 Å². The third-order valence-electron chi connectivity index (χ3n) is 7.25. The van der Waals surface area contributed by atoms with Crippen LogP contribution in [0.2, 0.25) is 0 Å². The van der Waals surface area contributed by atoms with E-state index < -0.39 is 11.8 Å². The number of hydrogen-bond acceptors (Lipinski definition) is 4. The Labute approximate surface area is 163 Å². The Morgan fingerprint density at radius 3 is 2.61 bits per heavy atom. The molecule has 4 fully saturated rings. The fraction of sp³-hybridized carbons (Fsp3) is 0.435. The molecule has 2 aromatic carbocycles. The number of amides is 1. The molecule has 2 aromatic rings. The first kappa shape index (κ1) is 16.6. The summed E-state index contributed by atoms with van der Waals surface area (Å²) in [5.41, 5.74) is 0.978. The molecule has 2 saturated heterocycles. The lowest BCUT2D eigenvalue weighted by atomic mass is 9.75. The van der Waals surface area contributed by atoms with Crippen molar-refractivity contribution in [2.45, 2.75) is 31.3 Å². The Hall–Kier alpha value is -2.37. The molecule has 1 amide bonds. The minimum Gasteiger partial charge on any atom is -0.494 e. The predicted molar refractivity (Wildman–Crippen MR) is 103 cm³/mol. The Balaban J connectivity index is 1.52. The molecular weight excluding hydrogens is 354 g/mol. The minimum atomic E-state index is -0.836. The number of ether oxygens (including phenoxy) is 2. The van der Waals surface area contributed by atoms with E-state index in [1.807, 2.05) is 66.4 Å². The van der Waals surface area contributed by atoms with Crippen LogP contribution in [0.15, 0.2) is 54.6 Å². The fourth-order valence-electron chi connectivity index (χ4n) is 6.40. The number of carbonyl (C=O) groups excluding carboxylic acids is 1. The van der Waals surface area contributed by atoms with Gasteiger partial charge in [0.1, 0.15) is 5.75 Å². The lowest BCUT2D eigenvalue weighted by molar-refractivity contribution is -0.133. The fourth-order valence-corrected chi connectivity index (χ4v) is 6.40. The van der Waals surface area contributed by atoms with E-state index in [0.717, 1.165) is 23.4 Å². The lowest BCUT2D eigenvalue weighted by Gasteiger charge is -2.39. The summed E-state index contributed by atoms with van der Waals surface area (Å²) in [7, 11) is 0. The van der Waals surface area contributed by atoms with Crippen LogP contribution >= 0.6 is 0 Å². The van der Waals surface area contributed by atoms with Crippen LogP contribution in [0.1, 0.15) is 18.9 Å². The minimum absolute atomic E-state index is 0.00536. The average molecular weight is 377 g/mol. The molecule has 144 valence electrons. The van der Waals surface area contributed by atoms with E-state index in [2.05, 4.69) is 0 Å². The van der Waals surface area contributed by atoms with Gasteiger partial charge in [0.2, 0.25) is 5.91 Å². The van der Waals surface area contributed by atoms with Crippen molar-refractivity contribution in [1.82, 2.24) is 0 Å². The average Bonchev–Trinajstić information content (AvgIpc) is 3.39. The molecule has 28 heavy (non-hydrogen) atoms. The summed E-state index contributed by atoms with van der Waals surface area (Å²) < 4.78 is 12.2. The highest BCUT2D eigenvalue weighted by Crippen LogP contribution is 2.70. The van der Waals surface area contributed by atoms with E-state index >= 15 is 0 Å². The molecule has 2 aliphatic heterocycles.